The molecule has 1 fully saturated rings. The van der Waals surface area contributed by atoms with Gasteiger partial charge in [0.05, 0.1) is 13.3 Å². The molecular formula is C21H37N3O2. The van der Waals surface area contributed by atoms with Gasteiger partial charge in [0.1, 0.15) is 5.76 Å². The average molecular weight is 364 g/mol. The molecule has 0 aliphatic carbocycles. The summed E-state index contributed by atoms with van der Waals surface area (Å²) in [6.07, 6.45) is 8.69. The minimum atomic E-state index is 0.125. The van der Waals surface area contributed by atoms with Crippen LogP contribution in [0.4, 0.5) is 0 Å². The molecule has 148 valence electrons. The van der Waals surface area contributed by atoms with Crippen molar-refractivity contribution in [3.8, 4) is 0 Å². The lowest BCUT2D eigenvalue weighted by molar-refractivity contribution is -0.122. The molecule has 0 aromatic carbocycles. The minimum Gasteiger partial charge on any atom is -0.497 e. The molecule has 1 amide bonds. The molecule has 1 saturated heterocycles. The highest BCUT2D eigenvalue weighted by Crippen LogP contribution is 2.16. The summed E-state index contributed by atoms with van der Waals surface area (Å²) >= 11 is 0. The van der Waals surface area contributed by atoms with Gasteiger partial charge in [-0.05, 0) is 44.9 Å². The summed E-state index contributed by atoms with van der Waals surface area (Å²) in [5, 5.41) is 6.80. The van der Waals surface area contributed by atoms with Crippen LogP contribution in [0.25, 0.3) is 0 Å². The summed E-state index contributed by atoms with van der Waals surface area (Å²) in [5.41, 5.74) is 2.62. The smallest absolute Gasteiger partial charge is 0.221 e. The average Bonchev–Trinajstić information content (AvgIpc) is 2.98. The maximum atomic E-state index is 12.0. The van der Waals surface area contributed by atoms with Crippen molar-refractivity contribution in [1.82, 2.24) is 15.5 Å². The molecule has 2 N–H and O–H groups in total. The number of hydrogen-bond acceptors (Lipinski definition) is 4. The zero-order valence-electron chi connectivity index (χ0n) is 17.2. The second-order valence-corrected chi connectivity index (χ2v) is 7.10. The first kappa shape index (κ1) is 22.5. The summed E-state index contributed by atoms with van der Waals surface area (Å²) < 4.78 is 5.11. The third-order valence-corrected chi connectivity index (χ3v) is 5.03. The highest BCUT2D eigenvalue weighted by molar-refractivity contribution is 5.76. The van der Waals surface area contributed by atoms with Crippen LogP contribution in [0.1, 0.15) is 52.9 Å². The van der Waals surface area contributed by atoms with Gasteiger partial charge in [0.2, 0.25) is 5.91 Å². The number of ether oxygens (including phenoxy) is 1. The Balaban J connectivity index is 2.56. The molecule has 2 unspecified atom stereocenters. The zero-order valence-corrected chi connectivity index (χ0v) is 17.2. The van der Waals surface area contributed by atoms with E-state index in [0.29, 0.717) is 18.2 Å². The zero-order chi connectivity index (χ0) is 19.5. The highest BCUT2D eigenvalue weighted by Gasteiger charge is 2.30. The molecule has 0 aromatic heterocycles. The first-order valence-corrected chi connectivity index (χ1v) is 9.73. The van der Waals surface area contributed by atoms with Gasteiger partial charge in [0, 0.05) is 25.6 Å². The Hall–Kier alpha value is -1.59. The lowest BCUT2D eigenvalue weighted by Crippen LogP contribution is -2.42. The molecule has 5 nitrogen and oxygen atoms in total. The lowest BCUT2D eigenvalue weighted by Gasteiger charge is -2.20. The van der Waals surface area contributed by atoms with Crippen molar-refractivity contribution in [2.45, 2.75) is 65.1 Å². The van der Waals surface area contributed by atoms with E-state index in [1.54, 1.807) is 7.11 Å². The van der Waals surface area contributed by atoms with Crippen LogP contribution in [0.3, 0.4) is 0 Å². The molecule has 1 aliphatic heterocycles. The van der Waals surface area contributed by atoms with Crippen LogP contribution in [0.15, 0.2) is 35.6 Å². The largest absolute Gasteiger partial charge is 0.497 e. The Kier molecular flexibility index (Phi) is 10.3. The molecule has 1 heterocycles. The molecule has 0 radical (unpaired) electrons. The number of likely N-dealkylation sites (N-methyl/N-ethyl adjacent to an activating group) is 1. The van der Waals surface area contributed by atoms with E-state index in [-0.39, 0.29) is 12.1 Å². The number of nitrogens with zero attached hydrogens (tertiary/aromatic N) is 1. The van der Waals surface area contributed by atoms with Crippen molar-refractivity contribution in [1.29, 1.82) is 0 Å². The van der Waals surface area contributed by atoms with Gasteiger partial charge in [-0.25, -0.2) is 0 Å². The fraction of sp³-hybridized carbons (Fsp3) is 0.667. The Morgan fingerprint density at radius 2 is 2.08 bits per heavy atom. The number of nitrogens with one attached hydrogen (secondary N) is 2. The Morgan fingerprint density at radius 1 is 1.35 bits per heavy atom. The van der Waals surface area contributed by atoms with Gasteiger partial charge < -0.3 is 15.4 Å². The second kappa shape index (κ2) is 11.9. The predicted molar refractivity (Wildman–Crippen MR) is 109 cm³/mol. The molecule has 0 saturated carbocycles. The number of methoxy groups -OCH3 is 1. The standard InChI is InChI=1S/C21H37N3O2/c1-7-9-10-21(25)23-20-13-19(15-24(20)5)22-14-18(16(3)8-2)12-11-17(4)26-6/h11-12,19-20,22H,4,7-10,13-15H2,1-3,5-6H3,(H,23,25)/b12-11-,18-16+. The van der Waals surface area contributed by atoms with Crippen LogP contribution in [-0.4, -0.2) is 50.3 Å². The predicted octanol–water partition coefficient (Wildman–Crippen LogP) is 3.36. The topological polar surface area (TPSA) is 53.6 Å². The van der Waals surface area contributed by atoms with Crippen LogP contribution < -0.4 is 10.6 Å². The van der Waals surface area contributed by atoms with E-state index >= 15 is 0 Å². The van der Waals surface area contributed by atoms with Crippen LogP contribution in [0, 0.1) is 0 Å². The van der Waals surface area contributed by atoms with Gasteiger partial charge in [0.15, 0.2) is 0 Å². The number of hydrogen-bond donors (Lipinski definition) is 2. The summed E-state index contributed by atoms with van der Waals surface area (Å²) in [6.45, 7) is 12.0. The van der Waals surface area contributed by atoms with Crippen molar-refractivity contribution in [2.75, 3.05) is 27.2 Å². The van der Waals surface area contributed by atoms with Gasteiger partial charge in [-0.2, -0.15) is 0 Å². The number of carbonyl (C=O) groups excluding carboxylic acids is 1. The monoisotopic (exact) mass is 363 g/mol. The van der Waals surface area contributed by atoms with Gasteiger partial charge in [0.25, 0.3) is 0 Å². The third kappa shape index (κ3) is 7.75. The number of rotatable bonds is 11. The van der Waals surface area contributed by atoms with E-state index in [9.17, 15) is 4.79 Å². The van der Waals surface area contributed by atoms with Crippen molar-refractivity contribution < 1.29 is 9.53 Å². The SMILES string of the molecule is C=C(/C=C\C(CNC1CC(NC(=O)CCCC)N(C)C1)=C(\C)CC)OC. The summed E-state index contributed by atoms with van der Waals surface area (Å²) in [4.78, 5) is 14.2. The number of amides is 1. The summed E-state index contributed by atoms with van der Waals surface area (Å²) in [7, 11) is 3.70. The second-order valence-electron chi connectivity index (χ2n) is 7.10. The van der Waals surface area contributed by atoms with Gasteiger partial charge >= 0.3 is 0 Å². The van der Waals surface area contributed by atoms with E-state index < -0.39 is 0 Å². The maximum absolute atomic E-state index is 12.0. The summed E-state index contributed by atoms with van der Waals surface area (Å²) in [6, 6.07) is 0.371. The molecule has 1 aliphatic rings. The van der Waals surface area contributed by atoms with Gasteiger partial charge in [-0.1, -0.05) is 38.5 Å². The maximum Gasteiger partial charge on any atom is 0.221 e. The van der Waals surface area contributed by atoms with Crippen molar-refractivity contribution in [2.24, 2.45) is 0 Å². The van der Waals surface area contributed by atoms with Crippen LogP contribution in [0.2, 0.25) is 0 Å². The third-order valence-electron chi connectivity index (χ3n) is 5.03. The van der Waals surface area contributed by atoms with E-state index in [1.807, 2.05) is 6.08 Å². The lowest BCUT2D eigenvalue weighted by atomic mass is 10.1. The molecule has 26 heavy (non-hydrogen) atoms. The quantitative estimate of drug-likeness (QED) is 0.437. The van der Waals surface area contributed by atoms with E-state index in [2.05, 4.69) is 56.0 Å². The molecule has 0 aromatic rings. The molecule has 2 atom stereocenters. The normalized spacial score (nSPS) is 21.7. The Bertz CT molecular complexity index is 525. The van der Waals surface area contributed by atoms with Crippen molar-refractivity contribution in [3.05, 3.63) is 35.6 Å². The van der Waals surface area contributed by atoms with Gasteiger partial charge in [-0.3, -0.25) is 9.69 Å². The molecule has 0 spiro atoms. The Morgan fingerprint density at radius 3 is 2.69 bits per heavy atom. The fourth-order valence-electron chi connectivity index (χ4n) is 3.01. The number of allylic oxidation sites excluding steroid dienone is 2. The number of likely N-dealkylation sites (tertiary alicyclic amines) is 1. The molecular weight excluding hydrogens is 326 g/mol. The van der Waals surface area contributed by atoms with E-state index in [4.69, 9.17) is 4.74 Å². The highest BCUT2D eigenvalue weighted by atomic mass is 16.5. The van der Waals surface area contributed by atoms with Crippen LogP contribution in [0.5, 0.6) is 0 Å². The van der Waals surface area contributed by atoms with Crippen LogP contribution in [-0.2, 0) is 9.53 Å². The fourth-order valence-corrected chi connectivity index (χ4v) is 3.01. The Labute approximate surface area is 159 Å². The van der Waals surface area contributed by atoms with Crippen LogP contribution >= 0.6 is 0 Å². The molecule has 0 bridgehead atoms. The van der Waals surface area contributed by atoms with Gasteiger partial charge in [-0.15, -0.1) is 0 Å². The van der Waals surface area contributed by atoms with Crippen molar-refractivity contribution in [3.63, 3.8) is 0 Å². The van der Waals surface area contributed by atoms with E-state index in [0.717, 1.165) is 38.8 Å². The number of unbranched alkanes of at least 4 members (excludes halogenated alkanes) is 1. The minimum absolute atomic E-state index is 0.125. The summed E-state index contributed by atoms with van der Waals surface area (Å²) in [5.74, 6) is 0.814. The number of carbonyl (C=O) groups is 1. The van der Waals surface area contributed by atoms with E-state index in [1.165, 1.54) is 11.1 Å². The van der Waals surface area contributed by atoms with Crippen molar-refractivity contribution >= 4 is 5.91 Å². The molecule has 5 heteroatoms. The first-order chi connectivity index (χ1) is 12.4. The molecule has 1 rings (SSSR count). The first-order valence-electron chi connectivity index (χ1n) is 9.73.